The van der Waals surface area contributed by atoms with Gasteiger partial charge in [-0.1, -0.05) is 32.0 Å². The monoisotopic (exact) mass is 268 g/mol. The van der Waals surface area contributed by atoms with Crippen LogP contribution in [-0.4, -0.2) is 11.5 Å². The Bertz CT molecular complexity index is 575. The molecule has 2 aromatic rings. The van der Waals surface area contributed by atoms with Gasteiger partial charge in [-0.3, -0.25) is 4.98 Å². The summed E-state index contributed by atoms with van der Waals surface area (Å²) in [4.78, 5) is 4.26. The molecule has 0 aliphatic rings. The van der Waals surface area contributed by atoms with Crippen LogP contribution in [0.1, 0.15) is 47.7 Å². The Morgan fingerprint density at radius 1 is 1.10 bits per heavy atom. The van der Waals surface area contributed by atoms with Crippen molar-refractivity contribution in [3.8, 4) is 0 Å². The van der Waals surface area contributed by atoms with Crippen LogP contribution >= 0.6 is 0 Å². The smallest absolute Gasteiger partial charge is 0.0580 e. The van der Waals surface area contributed by atoms with Gasteiger partial charge in [-0.2, -0.15) is 0 Å². The van der Waals surface area contributed by atoms with Gasteiger partial charge in [0.15, 0.2) is 0 Å². The molecule has 0 radical (unpaired) electrons. The number of pyridine rings is 1. The molecule has 0 amide bonds. The molecule has 0 fully saturated rings. The minimum Gasteiger partial charge on any atom is -0.307 e. The summed E-state index contributed by atoms with van der Waals surface area (Å²) in [5, 5.41) is 3.61. The zero-order chi connectivity index (χ0) is 14.5. The first-order valence-electron chi connectivity index (χ1n) is 7.40. The summed E-state index contributed by atoms with van der Waals surface area (Å²) in [5.41, 5.74) is 6.67. The highest BCUT2D eigenvalue weighted by Crippen LogP contribution is 2.26. The summed E-state index contributed by atoms with van der Waals surface area (Å²) in [6.07, 6.45) is 4.89. The largest absolute Gasteiger partial charge is 0.307 e. The maximum absolute atomic E-state index is 4.26. The number of nitrogens with zero attached hydrogens (tertiary/aromatic N) is 1. The molecule has 1 unspecified atom stereocenters. The van der Waals surface area contributed by atoms with Crippen LogP contribution in [0.2, 0.25) is 0 Å². The molecular formula is C18H24N2. The maximum atomic E-state index is 4.26. The zero-order valence-corrected chi connectivity index (χ0v) is 12.9. The van der Waals surface area contributed by atoms with Crippen molar-refractivity contribution in [3.63, 3.8) is 0 Å². The maximum Gasteiger partial charge on any atom is 0.0580 e. The molecule has 20 heavy (non-hydrogen) atoms. The average Bonchev–Trinajstić information content (AvgIpc) is 2.48. The van der Waals surface area contributed by atoms with Gasteiger partial charge in [0.25, 0.3) is 0 Å². The highest BCUT2D eigenvalue weighted by molar-refractivity contribution is 5.39. The van der Waals surface area contributed by atoms with E-state index in [4.69, 9.17) is 0 Å². The summed E-state index contributed by atoms with van der Waals surface area (Å²) >= 11 is 0. The highest BCUT2D eigenvalue weighted by Gasteiger charge is 2.16. The SMILES string of the molecule is CCNC(c1ccc(C)c(C)c1)c1ccncc1CC. The lowest BCUT2D eigenvalue weighted by molar-refractivity contribution is 0.624. The molecule has 1 N–H and O–H groups in total. The fraction of sp³-hybridized carbons (Fsp3) is 0.389. The van der Waals surface area contributed by atoms with Crippen molar-refractivity contribution in [1.29, 1.82) is 0 Å². The Labute approximate surface area is 122 Å². The molecule has 0 aliphatic carbocycles. The predicted octanol–water partition coefficient (Wildman–Crippen LogP) is 3.96. The van der Waals surface area contributed by atoms with E-state index in [1.165, 1.54) is 27.8 Å². The second-order valence-corrected chi connectivity index (χ2v) is 5.26. The molecule has 2 nitrogen and oxygen atoms in total. The van der Waals surface area contributed by atoms with Crippen LogP contribution in [0.3, 0.4) is 0 Å². The van der Waals surface area contributed by atoms with E-state index in [1.807, 2.05) is 12.4 Å². The first kappa shape index (κ1) is 14.7. The number of rotatable bonds is 5. The van der Waals surface area contributed by atoms with Gasteiger partial charge in [-0.05, 0) is 60.7 Å². The van der Waals surface area contributed by atoms with Crippen LogP contribution in [0.15, 0.2) is 36.7 Å². The van der Waals surface area contributed by atoms with Gasteiger partial charge < -0.3 is 5.32 Å². The fourth-order valence-corrected chi connectivity index (χ4v) is 2.57. The molecule has 2 heteroatoms. The van der Waals surface area contributed by atoms with Crippen LogP contribution in [0.5, 0.6) is 0 Å². The molecule has 0 aliphatic heterocycles. The molecule has 0 saturated heterocycles. The predicted molar refractivity (Wildman–Crippen MR) is 85.1 cm³/mol. The topological polar surface area (TPSA) is 24.9 Å². The van der Waals surface area contributed by atoms with Gasteiger partial charge in [0.2, 0.25) is 0 Å². The lowest BCUT2D eigenvalue weighted by Crippen LogP contribution is -2.23. The minimum atomic E-state index is 0.247. The number of aromatic nitrogens is 1. The number of aryl methyl sites for hydroxylation is 3. The summed E-state index contributed by atoms with van der Waals surface area (Å²) < 4.78 is 0. The van der Waals surface area contributed by atoms with Crippen molar-refractivity contribution >= 4 is 0 Å². The fourth-order valence-electron chi connectivity index (χ4n) is 2.57. The van der Waals surface area contributed by atoms with Crippen molar-refractivity contribution in [2.45, 2.75) is 40.2 Å². The first-order valence-corrected chi connectivity index (χ1v) is 7.40. The molecule has 2 rings (SSSR count). The van der Waals surface area contributed by atoms with Gasteiger partial charge >= 0.3 is 0 Å². The highest BCUT2D eigenvalue weighted by atomic mass is 14.9. The third kappa shape index (κ3) is 3.07. The Balaban J connectivity index is 2.47. The van der Waals surface area contributed by atoms with Crippen LogP contribution in [0, 0.1) is 13.8 Å². The van der Waals surface area contributed by atoms with Crippen molar-refractivity contribution in [2.24, 2.45) is 0 Å². The van der Waals surface area contributed by atoms with Gasteiger partial charge in [0.05, 0.1) is 6.04 Å². The van der Waals surface area contributed by atoms with E-state index in [2.05, 4.69) is 62.3 Å². The van der Waals surface area contributed by atoms with Crippen molar-refractivity contribution in [3.05, 3.63) is 64.5 Å². The molecule has 1 atom stereocenters. The number of hydrogen-bond acceptors (Lipinski definition) is 2. The normalized spacial score (nSPS) is 12.4. The summed E-state index contributed by atoms with van der Waals surface area (Å²) in [7, 11) is 0. The minimum absolute atomic E-state index is 0.247. The molecule has 0 spiro atoms. The van der Waals surface area contributed by atoms with Crippen molar-refractivity contribution in [1.82, 2.24) is 10.3 Å². The molecule has 0 bridgehead atoms. The average molecular weight is 268 g/mol. The lowest BCUT2D eigenvalue weighted by atomic mass is 9.93. The molecular weight excluding hydrogens is 244 g/mol. The molecule has 106 valence electrons. The van der Waals surface area contributed by atoms with E-state index < -0.39 is 0 Å². The second kappa shape index (κ2) is 6.67. The van der Waals surface area contributed by atoms with E-state index in [1.54, 1.807) is 0 Å². The zero-order valence-electron chi connectivity index (χ0n) is 12.9. The van der Waals surface area contributed by atoms with Gasteiger partial charge in [0.1, 0.15) is 0 Å². The van der Waals surface area contributed by atoms with Crippen molar-refractivity contribution in [2.75, 3.05) is 6.54 Å². The van der Waals surface area contributed by atoms with E-state index in [0.717, 1.165) is 13.0 Å². The number of hydrogen-bond donors (Lipinski definition) is 1. The van der Waals surface area contributed by atoms with E-state index >= 15 is 0 Å². The van der Waals surface area contributed by atoms with Crippen LogP contribution in [0.4, 0.5) is 0 Å². The second-order valence-electron chi connectivity index (χ2n) is 5.26. The van der Waals surface area contributed by atoms with Crippen LogP contribution < -0.4 is 5.32 Å². The summed E-state index contributed by atoms with van der Waals surface area (Å²) in [6.45, 7) is 9.62. The van der Waals surface area contributed by atoms with Crippen LogP contribution in [-0.2, 0) is 6.42 Å². The standard InChI is InChI=1S/C18H24N2/c1-5-15-12-19-10-9-17(15)18(20-6-2)16-8-7-13(3)14(4)11-16/h7-12,18,20H,5-6H2,1-4H3. The van der Waals surface area contributed by atoms with Gasteiger partial charge in [-0.25, -0.2) is 0 Å². The Morgan fingerprint density at radius 3 is 2.55 bits per heavy atom. The molecule has 1 heterocycles. The van der Waals surface area contributed by atoms with Gasteiger partial charge in [-0.15, -0.1) is 0 Å². The number of nitrogens with one attached hydrogen (secondary N) is 1. The van der Waals surface area contributed by atoms with Gasteiger partial charge in [0, 0.05) is 12.4 Å². The van der Waals surface area contributed by atoms with Crippen molar-refractivity contribution < 1.29 is 0 Å². The van der Waals surface area contributed by atoms with E-state index in [0.29, 0.717) is 0 Å². The Hall–Kier alpha value is -1.67. The third-order valence-corrected chi connectivity index (χ3v) is 3.91. The quantitative estimate of drug-likeness (QED) is 0.888. The molecule has 1 aromatic carbocycles. The number of benzene rings is 1. The van der Waals surface area contributed by atoms with Crippen LogP contribution in [0.25, 0.3) is 0 Å². The lowest BCUT2D eigenvalue weighted by Gasteiger charge is -2.22. The first-order chi connectivity index (χ1) is 9.67. The van der Waals surface area contributed by atoms with E-state index in [9.17, 15) is 0 Å². The Kier molecular flexibility index (Phi) is 4.91. The molecule has 0 saturated carbocycles. The summed E-state index contributed by atoms with van der Waals surface area (Å²) in [6, 6.07) is 9.12. The summed E-state index contributed by atoms with van der Waals surface area (Å²) in [5.74, 6) is 0. The third-order valence-electron chi connectivity index (χ3n) is 3.91. The van der Waals surface area contributed by atoms with E-state index in [-0.39, 0.29) is 6.04 Å². The Morgan fingerprint density at radius 2 is 1.90 bits per heavy atom. The molecule has 1 aromatic heterocycles.